The van der Waals surface area contributed by atoms with Crippen molar-refractivity contribution >= 4 is 58.5 Å². The number of fused-ring (bicyclic) bond motifs is 4. The molecule has 0 bridgehead atoms. The smallest absolute Gasteiger partial charge is 0.397 e. The van der Waals surface area contributed by atoms with E-state index in [9.17, 15) is 68.9 Å². The van der Waals surface area contributed by atoms with Crippen LogP contribution in [0.3, 0.4) is 0 Å². The van der Waals surface area contributed by atoms with Gasteiger partial charge in [-0.2, -0.15) is 26.3 Å². The molecule has 284 valence electrons. The molecule has 1 aliphatic carbocycles. The Labute approximate surface area is 308 Å². The van der Waals surface area contributed by atoms with Gasteiger partial charge in [0, 0.05) is 11.1 Å². The molecule has 4 aromatic rings. The molecule has 8 rings (SSSR count). The summed E-state index contributed by atoms with van der Waals surface area (Å²) in [5.41, 5.74) is -9.41. The normalized spacial score (nSPS) is 16.3. The molecule has 0 N–H and O–H groups in total. The maximum absolute atomic E-state index is 14.2. The van der Waals surface area contributed by atoms with Gasteiger partial charge in [0.25, 0.3) is 0 Å². The van der Waals surface area contributed by atoms with Crippen LogP contribution < -0.4 is 4.18 Å². The Kier molecular flexibility index (Phi) is 8.63. The number of carbonyl (C=O) groups excluding carboxylic acids is 8. The minimum Gasteiger partial charge on any atom is -0.397 e. The topological polar surface area (TPSA) is 191 Å². The minimum absolute atomic E-state index is 0.0224. The van der Waals surface area contributed by atoms with Crippen molar-refractivity contribution < 1.29 is 87.3 Å². The molecule has 3 heterocycles. The molecule has 0 saturated carbocycles. The Balaban J connectivity index is 0.000000175. The Morgan fingerprint density at radius 3 is 1.32 bits per heavy atom. The second-order valence-corrected chi connectivity index (χ2v) is 13.2. The van der Waals surface area contributed by atoms with Crippen LogP contribution in [0.25, 0.3) is 0 Å². The first-order valence-electron chi connectivity index (χ1n) is 15.4. The maximum Gasteiger partial charge on any atom is 0.411 e. The summed E-state index contributed by atoms with van der Waals surface area (Å²) in [6.45, 7) is 0. The Bertz CT molecular complexity index is 2480. The number of ketones is 2. The second kappa shape index (κ2) is 12.9. The highest BCUT2D eigenvalue weighted by molar-refractivity contribution is 7.80. The van der Waals surface area contributed by atoms with Crippen molar-refractivity contribution in [3.63, 3.8) is 0 Å². The van der Waals surface area contributed by atoms with Gasteiger partial charge in [-0.05, 0) is 71.8 Å². The van der Waals surface area contributed by atoms with E-state index in [1.807, 2.05) is 0 Å². The molecule has 0 fully saturated rings. The van der Waals surface area contributed by atoms with Crippen LogP contribution in [0.15, 0.2) is 77.7 Å². The molecule has 0 aromatic heterocycles. The number of cyclic esters (lactones) is 6. The summed E-state index contributed by atoms with van der Waals surface area (Å²) in [5, 5.41) is 0. The van der Waals surface area contributed by atoms with Crippen LogP contribution in [-0.4, -0.2) is 63.9 Å². The van der Waals surface area contributed by atoms with Gasteiger partial charge < -0.3 is 18.4 Å². The van der Waals surface area contributed by atoms with Gasteiger partial charge in [-0.3, -0.25) is 9.59 Å². The molecule has 1 unspecified atom stereocenters. The van der Waals surface area contributed by atoms with Gasteiger partial charge in [0.1, 0.15) is 5.75 Å². The molecule has 1 atom stereocenters. The molecule has 0 spiro atoms. The van der Waals surface area contributed by atoms with E-state index in [1.54, 1.807) is 0 Å². The van der Waals surface area contributed by atoms with Crippen molar-refractivity contribution in [3.8, 4) is 5.75 Å². The first-order valence-corrected chi connectivity index (χ1v) is 16.5. The third-order valence-corrected chi connectivity index (χ3v) is 9.88. The fourth-order valence-electron chi connectivity index (χ4n) is 6.31. The summed E-state index contributed by atoms with van der Waals surface area (Å²) < 4.78 is 116. The average molecular weight is 801 g/mol. The highest BCUT2D eigenvalue weighted by Crippen LogP contribution is 2.57. The van der Waals surface area contributed by atoms with Gasteiger partial charge in [0.15, 0.2) is 11.6 Å². The summed E-state index contributed by atoms with van der Waals surface area (Å²) in [7, 11) is 0. The van der Waals surface area contributed by atoms with Crippen LogP contribution >= 0.6 is 0 Å². The number of alkyl halides is 6. The monoisotopic (exact) mass is 800 g/mol. The van der Waals surface area contributed by atoms with Gasteiger partial charge in [-0.25, -0.2) is 33.0 Å². The van der Waals surface area contributed by atoms with Crippen molar-refractivity contribution in [1.82, 2.24) is 0 Å². The zero-order chi connectivity index (χ0) is 40.6. The van der Waals surface area contributed by atoms with Crippen molar-refractivity contribution in [3.05, 3.63) is 128 Å². The molecule has 3 aliphatic heterocycles. The van der Waals surface area contributed by atoms with Crippen molar-refractivity contribution in [1.29, 1.82) is 0 Å². The van der Waals surface area contributed by atoms with Crippen molar-refractivity contribution in [2.75, 3.05) is 0 Å². The lowest BCUT2D eigenvalue weighted by Gasteiger charge is -2.38. The van der Waals surface area contributed by atoms with Gasteiger partial charge in [0.05, 0.1) is 44.7 Å². The van der Waals surface area contributed by atoms with Gasteiger partial charge >= 0.3 is 48.2 Å². The van der Waals surface area contributed by atoms with Crippen LogP contribution in [0.2, 0.25) is 0 Å². The second-order valence-electron chi connectivity index (χ2n) is 12.1. The lowest BCUT2D eigenvalue weighted by atomic mass is 9.71. The summed E-state index contributed by atoms with van der Waals surface area (Å²) in [6, 6.07) is 10.8. The summed E-state index contributed by atoms with van der Waals surface area (Å²) >= 11 is -1.98. The standard InChI is InChI=1S/C19H6F6O6.C17H8O7S/c20-18(21,22)17(19(23,24)25,7-1-3-9-11(5-7)15(28)30-13(9)26)8-2-4-10-12(6-8)16(29)31-14(10)27;18-14-7-15(19)12-5-8(1-3-10(12)14)24-25(22)9-2-4-11-13(6-9)17(21)23-16(11)20/h1-6H;1-6H,7H2. The Hall–Kier alpha value is -6.83. The molecule has 56 heavy (non-hydrogen) atoms. The number of Topliss-reactive ketones (excluding diaryl/α,β-unsaturated/α-hetero) is 2. The Morgan fingerprint density at radius 2 is 0.857 bits per heavy atom. The van der Waals surface area contributed by atoms with Crippen LogP contribution in [0.4, 0.5) is 26.3 Å². The molecular weight excluding hydrogens is 786 g/mol. The number of rotatable bonds is 5. The lowest BCUT2D eigenvalue weighted by molar-refractivity contribution is -0.288. The van der Waals surface area contributed by atoms with Gasteiger partial charge in [-0.15, -0.1) is 0 Å². The fourth-order valence-corrected chi connectivity index (χ4v) is 7.08. The minimum atomic E-state index is -6.02. The van der Waals surface area contributed by atoms with Gasteiger partial charge in [0.2, 0.25) is 16.5 Å². The molecule has 4 aliphatic rings. The molecule has 20 heteroatoms. The largest absolute Gasteiger partial charge is 0.411 e. The number of carbonyl (C=O) groups is 8. The van der Waals surface area contributed by atoms with Crippen molar-refractivity contribution in [2.24, 2.45) is 0 Å². The van der Waals surface area contributed by atoms with Crippen LogP contribution in [0.5, 0.6) is 5.75 Å². The highest BCUT2D eigenvalue weighted by atomic mass is 32.2. The van der Waals surface area contributed by atoms with Crippen LogP contribution in [0.1, 0.15) is 100 Å². The number of hydrogen-bond acceptors (Lipinski definition) is 13. The SMILES string of the molecule is O=C1CC(=O)c2cc(OS(=O)c3ccc4c(c3)C(=O)OC4=O)ccc21.O=C1OC(=O)c2cc(C(c3ccc4c(c3)C(=O)OC4=O)(C(F)(F)F)C(F)(F)F)ccc21. The quantitative estimate of drug-likeness (QED) is 0.105. The van der Waals surface area contributed by atoms with E-state index >= 15 is 0 Å². The fraction of sp³-hybridized carbons (Fsp3) is 0.111. The molecular formula is C36H14F6O13S. The Morgan fingerprint density at radius 1 is 0.464 bits per heavy atom. The number of ether oxygens (including phenoxy) is 3. The lowest BCUT2D eigenvalue weighted by Crippen LogP contribution is -2.55. The number of halogens is 6. The third-order valence-electron chi connectivity index (χ3n) is 8.90. The predicted octanol–water partition coefficient (Wildman–Crippen LogP) is 5.59. The first-order chi connectivity index (χ1) is 26.2. The van der Waals surface area contributed by atoms with E-state index in [0.717, 1.165) is 0 Å². The zero-order valence-electron chi connectivity index (χ0n) is 27.1. The summed E-state index contributed by atoms with van der Waals surface area (Å²) in [5.74, 6) is -7.19. The number of esters is 6. The van der Waals surface area contributed by atoms with E-state index in [2.05, 4.69) is 14.2 Å². The van der Waals surface area contributed by atoms with E-state index in [-0.39, 0.29) is 57.5 Å². The molecule has 0 saturated heterocycles. The number of hydrogen-bond donors (Lipinski definition) is 0. The van der Waals surface area contributed by atoms with Crippen LogP contribution in [0, 0.1) is 0 Å². The zero-order valence-corrected chi connectivity index (χ0v) is 27.9. The highest BCUT2D eigenvalue weighted by Gasteiger charge is 2.73. The maximum atomic E-state index is 14.2. The van der Waals surface area contributed by atoms with E-state index < -0.39 is 98.0 Å². The molecule has 0 amide bonds. The summed E-state index contributed by atoms with van der Waals surface area (Å²) in [4.78, 5) is 93.0. The van der Waals surface area contributed by atoms with E-state index in [1.165, 1.54) is 36.4 Å². The predicted molar refractivity (Wildman–Crippen MR) is 168 cm³/mol. The molecule has 4 aromatic carbocycles. The molecule has 0 radical (unpaired) electrons. The third kappa shape index (κ3) is 5.84. The number of benzene rings is 4. The van der Waals surface area contributed by atoms with E-state index in [4.69, 9.17) is 4.18 Å². The molecule has 13 nitrogen and oxygen atoms in total. The van der Waals surface area contributed by atoms with Crippen LogP contribution in [-0.2, 0) is 30.7 Å². The summed E-state index contributed by atoms with van der Waals surface area (Å²) in [6.07, 6.45) is -12.2. The van der Waals surface area contributed by atoms with Gasteiger partial charge in [-0.1, -0.05) is 12.1 Å². The average Bonchev–Trinajstić information content (AvgIpc) is 3.78. The first kappa shape index (κ1) is 37.5. The van der Waals surface area contributed by atoms with E-state index in [0.29, 0.717) is 29.8 Å². The van der Waals surface area contributed by atoms with Crippen molar-refractivity contribution in [2.45, 2.75) is 29.1 Å².